The van der Waals surface area contributed by atoms with Crippen molar-refractivity contribution < 1.29 is 19.1 Å². The van der Waals surface area contributed by atoms with E-state index >= 15 is 0 Å². The Morgan fingerprint density at radius 1 is 0.581 bits per heavy atom. The van der Waals surface area contributed by atoms with Gasteiger partial charge in [-0.15, -0.1) is 0 Å². The third-order valence-electron chi connectivity index (χ3n) is 7.68. The van der Waals surface area contributed by atoms with Gasteiger partial charge in [0.2, 0.25) is 0 Å². The number of unbranched alkanes of at least 4 members (excludes halogenated alkanes) is 1. The number of nitrogens with zero attached hydrogens (tertiary/aromatic N) is 8. The second-order valence-electron chi connectivity index (χ2n) is 14.3. The van der Waals surface area contributed by atoms with Crippen LogP contribution in [0.2, 0.25) is 10.0 Å². The van der Waals surface area contributed by atoms with Gasteiger partial charge in [0.1, 0.15) is 11.5 Å². The number of hydrogen-bond acceptors (Lipinski definition) is 8. The molecule has 4 rings (SSSR count). The summed E-state index contributed by atoms with van der Waals surface area (Å²) < 4.78 is 9.99. The van der Waals surface area contributed by atoms with E-state index in [4.69, 9.17) is 32.7 Å². The molecule has 2 N–H and O–H groups in total. The van der Waals surface area contributed by atoms with Crippen LogP contribution in [0.15, 0.2) is 98.8 Å². The van der Waals surface area contributed by atoms with Crippen LogP contribution < -0.4 is 20.1 Å². The maximum absolute atomic E-state index is 11.0. The van der Waals surface area contributed by atoms with E-state index in [-0.39, 0.29) is 0 Å². The summed E-state index contributed by atoms with van der Waals surface area (Å²) in [5.74, 6) is 0.971. The zero-order valence-electron chi connectivity index (χ0n) is 38.4. The lowest BCUT2D eigenvalue weighted by Crippen LogP contribution is -2.21. The van der Waals surface area contributed by atoms with Crippen LogP contribution in [0.5, 0.6) is 11.5 Å². The molecular weight excluding hydrogens is 827 g/mol. The summed E-state index contributed by atoms with van der Waals surface area (Å²) in [7, 11) is 16.5. The van der Waals surface area contributed by atoms with Gasteiger partial charge in [-0.1, -0.05) is 42.6 Å². The summed E-state index contributed by atoms with van der Waals surface area (Å²) in [6, 6.07) is 23.7. The van der Waals surface area contributed by atoms with Gasteiger partial charge in [0.15, 0.2) is 0 Å². The molecule has 0 bridgehead atoms. The van der Waals surface area contributed by atoms with Gasteiger partial charge in [0.25, 0.3) is 0 Å². The summed E-state index contributed by atoms with van der Waals surface area (Å²) >= 11 is 11.7. The van der Waals surface area contributed by atoms with Crippen molar-refractivity contribution in [3.05, 3.63) is 106 Å². The van der Waals surface area contributed by atoms with E-state index in [2.05, 4.69) is 42.4 Å². The second-order valence-corrected chi connectivity index (χ2v) is 15.2. The average molecular weight is 892 g/mol. The highest BCUT2D eigenvalue weighted by molar-refractivity contribution is 6.31. The van der Waals surface area contributed by atoms with Crippen LogP contribution in [0.3, 0.4) is 0 Å². The molecule has 0 saturated heterocycles. The predicted octanol–water partition coefficient (Wildman–Crippen LogP) is 10.5. The number of carbonyl (C=O) groups is 2. The lowest BCUT2D eigenvalue weighted by Gasteiger charge is -2.11. The topological polar surface area (TPSA) is 139 Å². The Labute approximate surface area is 379 Å². The van der Waals surface area contributed by atoms with Crippen LogP contribution in [0.1, 0.15) is 36.5 Å². The first kappa shape index (κ1) is 53.9. The molecule has 0 heterocycles. The molecular formula is C46H64Cl2N10O4. The van der Waals surface area contributed by atoms with E-state index in [9.17, 15) is 9.59 Å². The van der Waals surface area contributed by atoms with Crippen LogP contribution in [0.4, 0.5) is 32.3 Å². The molecule has 0 unspecified atom stereocenters. The van der Waals surface area contributed by atoms with E-state index in [0.717, 1.165) is 56.0 Å². The fourth-order valence-electron chi connectivity index (χ4n) is 4.47. The van der Waals surface area contributed by atoms with Gasteiger partial charge in [-0.25, -0.2) is 29.6 Å². The van der Waals surface area contributed by atoms with Crippen molar-refractivity contribution in [2.24, 2.45) is 20.0 Å². The highest BCUT2D eigenvalue weighted by Crippen LogP contribution is 2.25. The van der Waals surface area contributed by atoms with Crippen LogP contribution >= 0.6 is 23.2 Å². The van der Waals surface area contributed by atoms with Crippen LogP contribution in [0.25, 0.3) is 0 Å². The Kier molecular flexibility index (Phi) is 26.1. The highest BCUT2D eigenvalue weighted by atomic mass is 35.5. The summed E-state index contributed by atoms with van der Waals surface area (Å²) in [6.45, 7) is 9.17. The van der Waals surface area contributed by atoms with Gasteiger partial charge in [-0.05, 0) is 111 Å². The first-order valence-corrected chi connectivity index (χ1v) is 20.5. The number of aliphatic imine (C=N–C) groups is 4. The minimum atomic E-state index is -0.492. The molecule has 14 nitrogen and oxygen atoms in total. The van der Waals surface area contributed by atoms with Crippen molar-refractivity contribution in [3.63, 3.8) is 0 Å². The molecule has 0 aliphatic heterocycles. The predicted molar refractivity (Wildman–Crippen MR) is 261 cm³/mol. The van der Waals surface area contributed by atoms with Crippen molar-refractivity contribution in [1.82, 2.24) is 30.2 Å². The zero-order chi connectivity index (χ0) is 46.6. The third kappa shape index (κ3) is 24.2. The van der Waals surface area contributed by atoms with Gasteiger partial charge in [0.05, 0.1) is 48.1 Å². The number of halogens is 2. The average Bonchev–Trinajstić information content (AvgIpc) is 3.22. The highest BCUT2D eigenvalue weighted by Gasteiger charge is 2.04. The molecule has 0 aromatic heterocycles. The molecule has 0 fully saturated rings. The first-order chi connectivity index (χ1) is 29.4. The summed E-state index contributed by atoms with van der Waals surface area (Å²) in [6.07, 6.45) is 8.49. The molecule has 0 radical (unpaired) electrons. The van der Waals surface area contributed by atoms with Gasteiger partial charge in [-0.3, -0.25) is 0 Å². The van der Waals surface area contributed by atoms with E-state index in [1.165, 1.54) is 26.9 Å². The second kappa shape index (κ2) is 30.0. The van der Waals surface area contributed by atoms with Gasteiger partial charge >= 0.3 is 12.2 Å². The molecule has 4 aromatic carbocycles. The molecule has 0 saturated carbocycles. The molecule has 336 valence electrons. The zero-order valence-corrected chi connectivity index (χ0v) is 39.9. The van der Waals surface area contributed by atoms with Crippen LogP contribution in [-0.2, 0) is 0 Å². The number of amides is 2. The SMILES string of the molecule is CCCCN(C)C=Nc1ccc(Cl)cc1C.CNC(=O)Oc1ccc(N=CN(C)C)c(C)c1.CNC(=O)Oc1cccc(N=CN(C)C)c1.Cc1cc(Cl)ccc1N=CN(C)C. The van der Waals surface area contributed by atoms with Crippen LogP contribution in [0, 0.1) is 20.8 Å². The third-order valence-corrected chi connectivity index (χ3v) is 8.15. The van der Waals surface area contributed by atoms with Crippen molar-refractivity contribution in [3.8, 4) is 11.5 Å². The lowest BCUT2D eigenvalue weighted by molar-refractivity contribution is 0.202. The Morgan fingerprint density at radius 3 is 1.42 bits per heavy atom. The molecule has 62 heavy (non-hydrogen) atoms. The summed E-state index contributed by atoms with van der Waals surface area (Å²) in [5.41, 5.74) is 6.66. The van der Waals surface area contributed by atoms with E-state index in [0.29, 0.717) is 11.5 Å². The summed E-state index contributed by atoms with van der Waals surface area (Å²) in [4.78, 5) is 46.9. The number of rotatable bonds is 13. The number of nitrogens with one attached hydrogen (secondary N) is 2. The van der Waals surface area contributed by atoms with Crippen molar-refractivity contribution in [1.29, 1.82) is 0 Å². The quantitative estimate of drug-likeness (QED) is 0.0999. The molecule has 16 heteroatoms. The monoisotopic (exact) mass is 890 g/mol. The van der Waals surface area contributed by atoms with E-state index in [1.807, 2.05) is 140 Å². The molecule has 0 spiro atoms. The maximum Gasteiger partial charge on any atom is 0.412 e. The van der Waals surface area contributed by atoms with E-state index in [1.54, 1.807) is 49.3 Å². The minimum Gasteiger partial charge on any atom is -0.410 e. The molecule has 4 aromatic rings. The molecule has 0 aliphatic rings. The number of benzene rings is 4. The molecule has 0 aliphatic carbocycles. The van der Waals surface area contributed by atoms with Gasteiger partial charge < -0.3 is 39.7 Å². The standard InChI is InChI=1S/C13H19ClN2.C12H17N3O2.C11H15N3O2.C10H13ClN2/c1-4-5-8-16(3)10-15-13-7-6-12(14)9-11(13)2;1-9-7-10(17-12(16)13-2)5-6-11(9)14-8-15(3)4;1-12-11(15)16-10-6-4-5-9(7-10)13-8-14(2)3;1-8-6-9(11)4-5-10(8)12-7-13(2)3/h6-7,9-10H,4-5,8H2,1-3H3;5-8H,1-4H3,(H,13,16);4-8H,1-3H3,(H,12,15);4-7H,1-3H3. The fraction of sp³-hybridized carbons (Fsp3) is 0.348. The minimum absolute atomic E-state index is 0.466. The Bertz CT molecular complexity index is 2090. The first-order valence-electron chi connectivity index (χ1n) is 19.8. The van der Waals surface area contributed by atoms with Crippen molar-refractivity contribution in [2.75, 3.05) is 70.0 Å². The normalized spacial score (nSPS) is 10.6. The Morgan fingerprint density at radius 2 is 1.00 bits per heavy atom. The van der Waals surface area contributed by atoms with E-state index < -0.39 is 12.2 Å². The van der Waals surface area contributed by atoms with Gasteiger partial charge in [-0.2, -0.15) is 0 Å². The van der Waals surface area contributed by atoms with Gasteiger partial charge in [0, 0.05) is 86.1 Å². The smallest absolute Gasteiger partial charge is 0.410 e. The largest absolute Gasteiger partial charge is 0.412 e. The Hall–Kier alpha value is -6.12. The number of hydrogen-bond donors (Lipinski definition) is 2. The number of carbonyl (C=O) groups excluding carboxylic acids is 2. The molecule has 0 atom stereocenters. The number of ether oxygens (including phenoxy) is 2. The summed E-state index contributed by atoms with van der Waals surface area (Å²) in [5, 5.41) is 6.28. The number of aryl methyl sites for hydroxylation is 3. The Balaban J connectivity index is 0.000000415. The van der Waals surface area contributed by atoms with Crippen LogP contribution in [-0.4, -0.2) is 127 Å². The van der Waals surface area contributed by atoms with Crippen molar-refractivity contribution in [2.45, 2.75) is 40.5 Å². The lowest BCUT2D eigenvalue weighted by atomic mass is 10.2. The fourth-order valence-corrected chi connectivity index (χ4v) is 4.92. The molecule has 2 amide bonds. The maximum atomic E-state index is 11.0. The van der Waals surface area contributed by atoms with Crippen molar-refractivity contribution >= 4 is 83.5 Å².